The molecular weight excluding hydrogens is 704 g/mol. The summed E-state index contributed by atoms with van der Waals surface area (Å²) in [4.78, 5) is 59.7. The van der Waals surface area contributed by atoms with Crippen LogP contribution in [0.5, 0.6) is 5.75 Å². The van der Waals surface area contributed by atoms with Crippen LogP contribution in [0.3, 0.4) is 0 Å². The zero-order valence-electron chi connectivity index (χ0n) is 31.5. The zero-order valence-corrected chi connectivity index (χ0v) is 31.5. The van der Waals surface area contributed by atoms with Gasteiger partial charge in [0.1, 0.15) is 23.9 Å². The van der Waals surface area contributed by atoms with E-state index in [1.807, 2.05) is 0 Å². The summed E-state index contributed by atoms with van der Waals surface area (Å²) in [6.07, 6.45) is 6.82. The van der Waals surface area contributed by atoms with E-state index in [2.05, 4.69) is 39.3 Å². The molecule has 1 saturated heterocycles. The molecule has 2 aromatic carbocycles. The average Bonchev–Trinajstić information content (AvgIpc) is 4.04. The molecule has 292 valence electrons. The van der Waals surface area contributed by atoms with Crippen molar-refractivity contribution in [1.82, 2.24) is 20.5 Å². The van der Waals surface area contributed by atoms with Gasteiger partial charge in [-0.05, 0) is 73.7 Å². The molecule has 0 atom stereocenters. The van der Waals surface area contributed by atoms with Gasteiger partial charge in [-0.15, -0.1) is 0 Å². The van der Waals surface area contributed by atoms with Crippen molar-refractivity contribution < 1.29 is 38.1 Å². The van der Waals surface area contributed by atoms with Crippen LogP contribution in [0, 0.1) is 11.3 Å². The first-order valence-corrected chi connectivity index (χ1v) is 18.8. The number of carbonyl (C=O) groups excluding carboxylic acids is 4. The Labute approximate surface area is 321 Å². The number of unbranched alkanes of at least 4 members (excludes halogenated alkanes) is 3. The largest absolute Gasteiger partial charge is 0.496 e. The second-order valence-electron chi connectivity index (χ2n) is 13.4. The number of benzene rings is 2. The number of pyridine rings is 1. The third kappa shape index (κ3) is 11.7. The molecular formula is C41H50N6O8. The maximum atomic E-state index is 14.0. The number of methoxy groups -OCH3 is 1. The van der Waals surface area contributed by atoms with Gasteiger partial charge in [0.25, 0.3) is 11.8 Å². The molecule has 1 aromatic heterocycles. The Balaban J connectivity index is 1.38. The first-order valence-electron chi connectivity index (χ1n) is 18.8. The summed E-state index contributed by atoms with van der Waals surface area (Å²) in [6.45, 7) is 10.0. The van der Waals surface area contributed by atoms with Crippen molar-refractivity contribution in [1.29, 1.82) is 5.41 Å². The highest BCUT2D eigenvalue weighted by atomic mass is 16.5. The lowest BCUT2D eigenvalue weighted by Crippen LogP contribution is -2.38. The highest BCUT2D eigenvalue weighted by Crippen LogP contribution is 2.35. The molecule has 4 N–H and O–H groups in total. The molecule has 2 fully saturated rings. The van der Waals surface area contributed by atoms with Crippen LogP contribution in [0.4, 0.5) is 10.5 Å². The van der Waals surface area contributed by atoms with E-state index >= 15 is 0 Å². The summed E-state index contributed by atoms with van der Waals surface area (Å²) in [5.74, 6) is -0.986. The predicted octanol–water partition coefficient (Wildman–Crippen LogP) is 5.91. The third-order valence-corrected chi connectivity index (χ3v) is 9.33. The van der Waals surface area contributed by atoms with Crippen LogP contribution in [0.1, 0.15) is 87.9 Å². The summed E-state index contributed by atoms with van der Waals surface area (Å²) in [6, 6.07) is 12.7. The number of amides is 3. The molecule has 1 saturated carbocycles. The Kier molecular flexibility index (Phi) is 14.9. The first-order chi connectivity index (χ1) is 26.7. The van der Waals surface area contributed by atoms with Gasteiger partial charge in [0.2, 0.25) is 0 Å². The highest BCUT2D eigenvalue weighted by molar-refractivity contribution is 6.11. The number of carbonyl (C=O) groups is 4. The minimum absolute atomic E-state index is 0.0468. The second kappa shape index (κ2) is 20.2. The van der Waals surface area contributed by atoms with E-state index < -0.39 is 23.9 Å². The topological polar surface area (TPSA) is 181 Å². The molecule has 0 spiro atoms. The Hall–Kier alpha value is -5.60. The molecule has 3 aromatic rings. The number of rotatable bonds is 18. The Bertz CT molecular complexity index is 1850. The number of alkyl carbamates (subject to hydrolysis) is 1. The van der Waals surface area contributed by atoms with Crippen molar-refractivity contribution in [3.8, 4) is 16.9 Å². The lowest BCUT2D eigenvalue weighted by Gasteiger charge is -2.26. The van der Waals surface area contributed by atoms with Crippen LogP contribution >= 0.6 is 0 Å². The molecule has 2 aliphatic rings. The molecule has 1 aliphatic heterocycles. The first kappa shape index (κ1) is 40.6. The summed E-state index contributed by atoms with van der Waals surface area (Å²) in [7, 11) is 1.49. The number of anilines is 1. The number of amidine groups is 1. The molecule has 14 heteroatoms. The van der Waals surface area contributed by atoms with Crippen LogP contribution in [0.2, 0.25) is 0 Å². The monoisotopic (exact) mass is 754 g/mol. The second-order valence-corrected chi connectivity index (χ2v) is 13.4. The van der Waals surface area contributed by atoms with E-state index in [0.29, 0.717) is 60.3 Å². The maximum Gasteiger partial charge on any atom is 0.412 e. The molecule has 1 aliphatic carbocycles. The van der Waals surface area contributed by atoms with E-state index in [4.69, 9.17) is 24.4 Å². The quantitative estimate of drug-likeness (QED) is 0.0527. The van der Waals surface area contributed by atoms with Crippen molar-refractivity contribution >= 4 is 41.5 Å². The van der Waals surface area contributed by atoms with Gasteiger partial charge in [-0.3, -0.25) is 25.2 Å². The smallest absolute Gasteiger partial charge is 0.412 e. The van der Waals surface area contributed by atoms with Crippen LogP contribution in [0.15, 0.2) is 55.1 Å². The fraction of sp³-hybridized carbons (Fsp3) is 0.415. The van der Waals surface area contributed by atoms with Crippen LogP contribution < -0.4 is 20.7 Å². The van der Waals surface area contributed by atoms with Gasteiger partial charge in [0, 0.05) is 59.7 Å². The van der Waals surface area contributed by atoms with Gasteiger partial charge in [-0.1, -0.05) is 38.8 Å². The fourth-order valence-corrected chi connectivity index (χ4v) is 5.93. The molecule has 2 heterocycles. The van der Waals surface area contributed by atoms with Crippen molar-refractivity contribution in [3.63, 3.8) is 0 Å². The Morgan fingerprint density at radius 3 is 2.42 bits per heavy atom. The SMILES string of the molecule is C=Cc1cc(C(=O)Nc2ccc(C(=N)NC(=O)OCCCCCC)cc2)c(-c2ccc(C(=O)NCC3CC3)nc2C(=O)OCCN2CCOCC2)cc1OC. The summed E-state index contributed by atoms with van der Waals surface area (Å²) in [5.41, 5.74) is 2.02. The van der Waals surface area contributed by atoms with Gasteiger partial charge >= 0.3 is 12.1 Å². The highest BCUT2D eigenvalue weighted by Gasteiger charge is 2.27. The molecule has 5 rings (SSSR count). The zero-order chi connectivity index (χ0) is 39.2. The van der Waals surface area contributed by atoms with E-state index in [-0.39, 0.29) is 41.6 Å². The summed E-state index contributed by atoms with van der Waals surface area (Å²) < 4.78 is 21.9. The Morgan fingerprint density at radius 2 is 1.73 bits per heavy atom. The molecule has 55 heavy (non-hydrogen) atoms. The molecule has 14 nitrogen and oxygen atoms in total. The standard InChI is InChI=1S/C41H50N6O8/c1-4-6-7-8-20-55-41(51)46-37(42)29-11-13-30(14-12-29)44-38(48)33-24-28(5-2)35(52-3)25-32(33)31-15-16-34(39(49)43-26-27-9-10-27)45-36(31)40(50)54-23-19-47-17-21-53-22-18-47/h5,11-16,24-25,27H,2,4,6-10,17-23,26H2,1,3H3,(H,43,49)(H,44,48)(H2,42,46,51). The van der Waals surface area contributed by atoms with Crippen molar-refractivity contribution in [2.24, 2.45) is 5.92 Å². The molecule has 3 amide bonds. The number of morpholine rings is 1. The third-order valence-electron chi connectivity index (χ3n) is 9.33. The minimum Gasteiger partial charge on any atom is -0.496 e. The van der Waals surface area contributed by atoms with Gasteiger partial charge in [0.15, 0.2) is 5.69 Å². The van der Waals surface area contributed by atoms with E-state index in [0.717, 1.165) is 51.6 Å². The molecule has 0 radical (unpaired) electrons. The van der Waals surface area contributed by atoms with Crippen molar-refractivity contribution in [2.75, 3.05) is 65.0 Å². The van der Waals surface area contributed by atoms with Gasteiger partial charge < -0.3 is 29.6 Å². The number of hydrogen-bond acceptors (Lipinski definition) is 11. The lowest BCUT2D eigenvalue weighted by atomic mass is 9.94. The number of ether oxygens (including phenoxy) is 4. The van der Waals surface area contributed by atoms with E-state index in [9.17, 15) is 19.2 Å². The van der Waals surface area contributed by atoms with Crippen molar-refractivity contribution in [3.05, 3.63) is 83.2 Å². The normalized spacial score (nSPS) is 14.0. The van der Waals surface area contributed by atoms with E-state index in [1.165, 1.54) is 13.2 Å². The number of nitrogens with zero attached hydrogens (tertiary/aromatic N) is 2. The van der Waals surface area contributed by atoms with Gasteiger partial charge in [0.05, 0.1) is 26.9 Å². The van der Waals surface area contributed by atoms with Crippen molar-refractivity contribution in [2.45, 2.75) is 45.4 Å². The molecule has 0 unspecified atom stereocenters. The fourth-order valence-electron chi connectivity index (χ4n) is 5.93. The number of hydrogen-bond donors (Lipinski definition) is 4. The lowest BCUT2D eigenvalue weighted by molar-refractivity contribution is 0.0193. The van der Waals surface area contributed by atoms with Gasteiger partial charge in [-0.25, -0.2) is 14.6 Å². The number of esters is 1. The van der Waals surface area contributed by atoms with Crippen LogP contribution in [-0.4, -0.2) is 99.3 Å². The summed E-state index contributed by atoms with van der Waals surface area (Å²) >= 11 is 0. The number of nitrogens with one attached hydrogen (secondary N) is 4. The Morgan fingerprint density at radius 1 is 0.964 bits per heavy atom. The maximum absolute atomic E-state index is 14.0. The predicted molar refractivity (Wildman–Crippen MR) is 209 cm³/mol. The molecule has 0 bridgehead atoms. The van der Waals surface area contributed by atoms with E-state index in [1.54, 1.807) is 48.5 Å². The van der Waals surface area contributed by atoms with Gasteiger partial charge in [-0.2, -0.15) is 0 Å². The minimum atomic E-state index is -0.745. The van der Waals surface area contributed by atoms with Crippen LogP contribution in [-0.2, 0) is 14.2 Å². The number of aromatic nitrogens is 1. The average molecular weight is 755 g/mol. The van der Waals surface area contributed by atoms with Crippen LogP contribution in [0.25, 0.3) is 17.2 Å². The summed E-state index contributed by atoms with van der Waals surface area (Å²) in [5, 5.41) is 16.5.